The number of hydrogen-bond donors (Lipinski definition) is 1. The van der Waals surface area contributed by atoms with E-state index in [0.717, 1.165) is 5.52 Å². The van der Waals surface area contributed by atoms with Crippen LogP contribution in [0, 0.1) is 11.3 Å². The van der Waals surface area contributed by atoms with E-state index in [4.69, 9.17) is 14.7 Å². The van der Waals surface area contributed by atoms with Crippen molar-refractivity contribution >= 4 is 16.9 Å². The van der Waals surface area contributed by atoms with E-state index in [1.54, 1.807) is 25.1 Å². The van der Waals surface area contributed by atoms with Crippen LogP contribution in [0.5, 0.6) is 5.75 Å². The first-order valence-electron chi connectivity index (χ1n) is 5.48. The first kappa shape index (κ1) is 12.0. The van der Waals surface area contributed by atoms with Crippen molar-refractivity contribution in [1.82, 2.24) is 4.98 Å². The Kier molecular flexibility index (Phi) is 3.20. The number of carbonyl (C=O) groups is 1. The van der Waals surface area contributed by atoms with Crippen molar-refractivity contribution in [3.8, 4) is 11.8 Å². The van der Waals surface area contributed by atoms with Crippen LogP contribution in [-0.2, 0) is 4.74 Å². The molecule has 18 heavy (non-hydrogen) atoms. The molecular weight excluding hydrogens is 232 g/mol. The molecular formula is C13H12N2O3. The predicted molar refractivity (Wildman–Crippen MR) is 65.5 cm³/mol. The Morgan fingerprint density at radius 1 is 1.50 bits per heavy atom. The number of benzene rings is 1. The Hall–Kier alpha value is -2.48. The summed E-state index contributed by atoms with van der Waals surface area (Å²) in [5.41, 5.74) is 1.51. The largest absolute Gasteiger partial charge is 0.495 e. The Balaban J connectivity index is 2.58. The highest BCUT2D eigenvalue weighted by Crippen LogP contribution is 2.30. The second kappa shape index (κ2) is 4.80. The number of carbonyl (C=O) groups excluding carboxylic acids is 1. The number of fused-ring (bicyclic) bond motifs is 1. The fourth-order valence-electron chi connectivity index (χ4n) is 1.80. The number of methoxy groups -OCH3 is 1. The topological polar surface area (TPSA) is 75.1 Å². The minimum atomic E-state index is -0.422. The molecule has 92 valence electrons. The van der Waals surface area contributed by atoms with Gasteiger partial charge in [-0.15, -0.1) is 0 Å². The zero-order valence-corrected chi connectivity index (χ0v) is 10.1. The highest BCUT2D eigenvalue weighted by molar-refractivity contribution is 5.98. The molecule has 2 aromatic rings. The van der Waals surface area contributed by atoms with E-state index in [-0.39, 0.29) is 0 Å². The van der Waals surface area contributed by atoms with Gasteiger partial charge in [0.05, 0.1) is 19.3 Å². The maximum Gasteiger partial charge on any atom is 0.354 e. The second-order valence-electron chi connectivity index (χ2n) is 3.62. The molecule has 0 spiro atoms. The van der Waals surface area contributed by atoms with Crippen LogP contribution in [0.2, 0.25) is 0 Å². The van der Waals surface area contributed by atoms with Crippen LogP contribution < -0.4 is 4.74 Å². The summed E-state index contributed by atoms with van der Waals surface area (Å²) >= 11 is 0. The average molecular weight is 244 g/mol. The lowest BCUT2D eigenvalue weighted by atomic mass is 10.1. The fraction of sp³-hybridized carbons (Fsp3) is 0.231. The van der Waals surface area contributed by atoms with Crippen LogP contribution in [0.4, 0.5) is 0 Å². The SMILES string of the molecule is CCOC(=O)c1cc2c(OC)c(C#N)ccc2[nH]1. The molecule has 1 N–H and O–H groups in total. The Morgan fingerprint density at radius 3 is 2.89 bits per heavy atom. The number of nitriles is 1. The maximum absolute atomic E-state index is 11.6. The van der Waals surface area contributed by atoms with Gasteiger partial charge in [0, 0.05) is 10.9 Å². The van der Waals surface area contributed by atoms with Gasteiger partial charge in [-0.1, -0.05) is 0 Å². The van der Waals surface area contributed by atoms with Gasteiger partial charge in [0.25, 0.3) is 0 Å². The highest BCUT2D eigenvalue weighted by Gasteiger charge is 2.15. The highest BCUT2D eigenvalue weighted by atomic mass is 16.5. The first-order chi connectivity index (χ1) is 8.71. The number of nitrogens with zero attached hydrogens (tertiary/aromatic N) is 1. The normalized spacial score (nSPS) is 10.1. The van der Waals surface area contributed by atoms with Crippen LogP contribution >= 0.6 is 0 Å². The predicted octanol–water partition coefficient (Wildman–Crippen LogP) is 2.22. The summed E-state index contributed by atoms with van der Waals surface area (Å²) in [6, 6.07) is 7.06. The van der Waals surface area contributed by atoms with Crippen LogP contribution in [0.3, 0.4) is 0 Å². The van der Waals surface area contributed by atoms with Crippen molar-refractivity contribution in [2.75, 3.05) is 13.7 Å². The molecule has 0 radical (unpaired) electrons. The summed E-state index contributed by atoms with van der Waals surface area (Å²) in [5.74, 6) is 0.0380. The molecule has 0 saturated heterocycles. The molecule has 2 rings (SSSR count). The zero-order chi connectivity index (χ0) is 13.1. The lowest BCUT2D eigenvalue weighted by Gasteiger charge is -2.02. The van der Waals surface area contributed by atoms with Gasteiger partial charge in [0.15, 0.2) is 0 Å². The molecule has 0 unspecified atom stereocenters. The molecule has 5 heteroatoms. The summed E-state index contributed by atoms with van der Waals surface area (Å²) in [6.07, 6.45) is 0. The number of nitrogens with one attached hydrogen (secondary N) is 1. The van der Waals surface area contributed by atoms with E-state index in [2.05, 4.69) is 4.98 Å². The quantitative estimate of drug-likeness (QED) is 0.840. The van der Waals surface area contributed by atoms with Crippen LogP contribution in [0.1, 0.15) is 23.0 Å². The Labute approximate surface area is 104 Å². The maximum atomic E-state index is 11.6. The van der Waals surface area contributed by atoms with Gasteiger partial charge >= 0.3 is 5.97 Å². The van der Waals surface area contributed by atoms with E-state index >= 15 is 0 Å². The minimum Gasteiger partial charge on any atom is -0.495 e. The summed E-state index contributed by atoms with van der Waals surface area (Å²) in [6.45, 7) is 2.06. The van der Waals surface area contributed by atoms with Gasteiger partial charge in [-0.05, 0) is 25.1 Å². The molecule has 0 fully saturated rings. The van der Waals surface area contributed by atoms with Crippen molar-refractivity contribution in [2.45, 2.75) is 6.92 Å². The molecule has 0 amide bonds. The van der Waals surface area contributed by atoms with E-state index < -0.39 is 5.97 Å². The van der Waals surface area contributed by atoms with Crippen LogP contribution in [-0.4, -0.2) is 24.7 Å². The molecule has 1 heterocycles. The molecule has 5 nitrogen and oxygen atoms in total. The third-order valence-corrected chi connectivity index (χ3v) is 2.57. The van der Waals surface area contributed by atoms with Crippen LogP contribution in [0.25, 0.3) is 10.9 Å². The molecule has 0 saturated carbocycles. The monoisotopic (exact) mass is 244 g/mol. The number of aromatic amines is 1. The molecule has 0 atom stereocenters. The van der Waals surface area contributed by atoms with E-state index in [9.17, 15) is 4.79 Å². The van der Waals surface area contributed by atoms with Crippen LogP contribution in [0.15, 0.2) is 18.2 Å². The summed E-state index contributed by atoms with van der Waals surface area (Å²) < 4.78 is 10.1. The molecule has 1 aromatic heterocycles. The van der Waals surface area contributed by atoms with E-state index in [1.807, 2.05) is 6.07 Å². The molecule has 1 aromatic carbocycles. The lowest BCUT2D eigenvalue weighted by molar-refractivity contribution is 0.0520. The summed E-state index contributed by atoms with van der Waals surface area (Å²) in [5, 5.41) is 9.67. The summed E-state index contributed by atoms with van der Waals surface area (Å²) in [7, 11) is 1.49. The zero-order valence-electron chi connectivity index (χ0n) is 10.1. The molecule has 0 bridgehead atoms. The number of ether oxygens (including phenoxy) is 2. The Bertz CT molecular complexity index is 637. The molecule has 0 aliphatic carbocycles. The van der Waals surface area contributed by atoms with Crippen molar-refractivity contribution in [3.05, 3.63) is 29.5 Å². The smallest absolute Gasteiger partial charge is 0.354 e. The summed E-state index contributed by atoms with van der Waals surface area (Å²) in [4.78, 5) is 14.6. The number of esters is 1. The second-order valence-corrected chi connectivity index (χ2v) is 3.62. The molecule has 0 aliphatic heterocycles. The minimum absolute atomic E-state index is 0.314. The van der Waals surface area contributed by atoms with Gasteiger partial charge in [0.2, 0.25) is 0 Å². The van der Waals surface area contributed by atoms with Gasteiger partial charge in [0.1, 0.15) is 17.5 Å². The van der Waals surface area contributed by atoms with Gasteiger partial charge in [-0.25, -0.2) is 4.79 Å². The molecule has 0 aliphatic rings. The van der Waals surface area contributed by atoms with Gasteiger partial charge < -0.3 is 14.5 Å². The first-order valence-corrected chi connectivity index (χ1v) is 5.48. The average Bonchev–Trinajstić information content (AvgIpc) is 2.81. The number of rotatable bonds is 3. The van der Waals surface area contributed by atoms with Crippen molar-refractivity contribution in [2.24, 2.45) is 0 Å². The van der Waals surface area contributed by atoms with Crippen molar-refractivity contribution in [1.29, 1.82) is 5.26 Å². The fourth-order valence-corrected chi connectivity index (χ4v) is 1.80. The van der Waals surface area contributed by atoms with Crippen molar-refractivity contribution in [3.63, 3.8) is 0 Å². The van der Waals surface area contributed by atoms with Gasteiger partial charge in [-0.2, -0.15) is 5.26 Å². The van der Waals surface area contributed by atoms with Gasteiger partial charge in [-0.3, -0.25) is 0 Å². The number of hydrogen-bond acceptors (Lipinski definition) is 4. The number of H-pyrrole nitrogens is 1. The van der Waals surface area contributed by atoms with E-state index in [1.165, 1.54) is 7.11 Å². The van der Waals surface area contributed by atoms with Crippen molar-refractivity contribution < 1.29 is 14.3 Å². The Morgan fingerprint density at radius 2 is 2.28 bits per heavy atom. The lowest BCUT2D eigenvalue weighted by Crippen LogP contribution is -2.04. The number of aromatic nitrogens is 1. The standard InChI is InChI=1S/C13H12N2O3/c1-3-18-13(16)11-6-9-10(15-11)5-4-8(7-14)12(9)17-2/h4-6,15H,3H2,1-2H3. The third-order valence-electron chi connectivity index (χ3n) is 2.57. The third kappa shape index (κ3) is 1.89. The van der Waals surface area contributed by atoms with E-state index in [0.29, 0.717) is 29.0 Å².